The van der Waals surface area contributed by atoms with Gasteiger partial charge in [-0.15, -0.1) is 0 Å². The molecule has 3 nitrogen and oxygen atoms in total. The zero-order valence-corrected chi connectivity index (χ0v) is 19.0. The summed E-state index contributed by atoms with van der Waals surface area (Å²) in [7, 11) is 0. The molecule has 1 aliphatic heterocycles. The summed E-state index contributed by atoms with van der Waals surface area (Å²) in [6.45, 7) is 3.77. The number of aliphatic carboxylic acids is 1. The van der Waals surface area contributed by atoms with E-state index >= 15 is 0 Å². The normalized spacial score (nSPS) is 25.0. The predicted octanol–water partition coefficient (Wildman–Crippen LogP) is 6.86. The van der Waals surface area contributed by atoms with Crippen molar-refractivity contribution in [2.45, 2.75) is 70.4 Å². The summed E-state index contributed by atoms with van der Waals surface area (Å²) in [5, 5.41) is 12.5. The molecule has 1 aromatic rings. The molecule has 1 fully saturated rings. The molecule has 3 rings (SSSR count). The van der Waals surface area contributed by atoms with Crippen molar-refractivity contribution in [1.29, 1.82) is 0 Å². The number of piperidine rings is 1. The SMILES string of the molecule is CC(C)C[C@H](C(=O)O)C1=CC([C@H]2CCC[C@@H](C(F)(F)F)N2)CC(c2ccc(C(F)(F)F)cc2)=C1. The monoisotopic (exact) mass is 489 g/mol. The molecule has 0 saturated carbocycles. The molecule has 2 N–H and O–H groups in total. The molecular formula is C25H29F6NO2. The van der Waals surface area contributed by atoms with Gasteiger partial charge in [-0.1, -0.05) is 38.1 Å². The molecule has 1 saturated heterocycles. The molecule has 0 aromatic heterocycles. The van der Waals surface area contributed by atoms with Gasteiger partial charge in [0.2, 0.25) is 0 Å². The van der Waals surface area contributed by atoms with Crippen molar-refractivity contribution < 1.29 is 36.2 Å². The van der Waals surface area contributed by atoms with Crippen LogP contribution in [0.5, 0.6) is 0 Å². The van der Waals surface area contributed by atoms with E-state index in [9.17, 15) is 36.2 Å². The smallest absolute Gasteiger partial charge is 0.416 e. The molecule has 0 bridgehead atoms. The van der Waals surface area contributed by atoms with E-state index in [-0.39, 0.29) is 12.3 Å². The average Bonchev–Trinajstić information content (AvgIpc) is 2.76. The van der Waals surface area contributed by atoms with Crippen LogP contribution < -0.4 is 5.32 Å². The molecule has 1 unspecified atom stereocenters. The number of carbonyl (C=O) groups is 1. The maximum absolute atomic E-state index is 13.4. The summed E-state index contributed by atoms with van der Waals surface area (Å²) in [5.41, 5.74) is 0.816. The molecule has 1 aliphatic carbocycles. The zero-order valence-electron chi connectivity index (χ0n) is 19.0. The number of nitrogens with one attached hydrogen (secondary N) is 1. The quantitative estimate of drug-likeness (QED) is 0.430. The molecule has 4 atom stereocenters. The van der Waals surface area contributed by atoms with E-state index in [4.69, 9.17) is 0 Å². The fourth-order valence-electron chi connectivity index (χ4n) is 4.83. The Morgan fingerprint density at radius 1 is 1.09 bits per heavy atom. The number of benzene rings is 1. The Kier molecular flexibility index (Phi) is 7.85. The van der Waals surface area contributed by atoms with Crippen LogP contribution in [-0.2, 0) is 11.0 Å². The van der Waals surface area contributed by atoms with Gasteiger partial charge in [0.15, 0.2) is 0 Å². The van der Waals surface area contributed by atoms with E-state index in [1.54, 1.807) is 12.2 Å². The Labute approximate surface area is 194 Å². The minimum absolute atomic E-state index is 0.0179. The standard InChI is InChI=1S/C25H29F6NO2/c1-14(2)10-20(23(33)34)17-11-16(15-6-8-19(9-7-15)24(26,27)28)12-18(13-17)21-4-3-5-22(32-21)25(29,30)31/h6-9,11,13-14,18,20-22,32H,3-5,10,12H2,1-2H3,(H,33,34)/t18?,20-,21+,22-/m0/s1. The van der Waals surface area contributed by atoms with Crippen molar-refractivity contribution in [3.8, 4) is 0 Å². The Hall–Kier alpha value is -2.29. The van der Waals surface area contributed by atoms with Gasteiger partial charge in [0.1, 0.15) is 6.04 Å². The Morgan fingerprint density at radius 2 is 1.74 bits per heavy atom. The van der Waals surface area contributed by atoms with Gasteiger partial charge in [0.05, 0.1) is 11.5 Å². The Morgan fingerprint density at radius 3 is 2.26 bits per heavy atom. The van der Waals surface area contributed by atoms with Crippen LogP contribution in [0.3, 0.4) is 0 Å². The summed E-state index contributed by atoms with van der Waals surface area (Å²) in [6, 6.07) is 2.45. The fourth-order valence-corrected chi connectivity index (χ4v) is 4.83. The van der Waals surface area contributed by atoms with Crippen LogP contribution in [-0.4, -0.2) is 29.3 Å². The molecule has 1 aromatic carbocycles. The third-order valence-electron chi connectivity index (χ3n) is 6.53. The molecule has 1 heterocycles. The lowest BCUT2D eigenvalue weighted by atomic mass is 9.76. The van der Waals surface area contributed by atoms with Crippen molar-refractivity contribution >= 4 is 11.5 Å². The third-order valence-corrected chi connectivity index (χ3v) is 6.53. The summed E-state index contributed by atoms with van der Waals surface area (Å²) < 4.78 is 79.0. The molecule has 188 valence electrons. The Balaban J connectivity index is 1.97. The molecule has 34 heavy (non-hydrogen) atoms. The van der Waals surface area contributed by atoms with Crippen LogP contribution in [0.4, 0.5) is 26.3 Å². The number of carboxylic acid groups (broad SMARTS) is 1. The van der Waals surface area contributed by atoms with E-state index in [2.05, 4.69) is 5.32 Å². The van der Waals surface area contributed by atoms with Crippen LogP contribution in [0, 0.1) is 17.8 Å². The van der Waals surface area contributed by atoms with Gasteiger partial charge in [-0.2, -0.15) is 26.3 Å². The first-order chi connectivity index (χ1) is 15.8. The number of rotatable bonds is 6. The molecule has 0 amide bonds. The second-order valence-electron chi connectivity index (χ2n) is 9.60. The number of alkyl halides is 6. The van der Waals surface area contributed by atoms with Gasteiger partial charge in [0, 0.05) is 6.04 Å². The van der Waals surface area contributed by atoms with Crippen LogP contribution in [0.1, 0.15) is 57.1 Å². The minimum atomic E-state index is -4.49. The van der Waals surface area contributed by atoms with Crippen LogP contribution in [0.2, 0.25) is 0 Å². The number of hydrogen-bond donors (Lipinski definition) is 2. The highest BCUT2D eigenvalue weighted by Gasteiger charge is 2.43. The van der Waals surface area contributed by atoms with Gasteiger partial charge < -0.3 is 10.4 Å². The molecular weight excluding hydrogens is 460 g/mol. The highest BCUT2D eigenvalue weighted by Crippen LogP contribution is 2.40. The van der Waals surface area contributed by atoms with E-state index in [1.807, 2.05) is 13.8 Å². The maximum Gasteiger partial charge on any atom is 0.416 e. The second kappa shape index (κ2) is 10.1. The summed E-state index contributed by atoms with van der Waals surface area (Å²) >= 11 is 0. The first kappa shape index (κ1) is 26.3. The van der Waals surface area contributed by atoms with Gasteiger partial charge in [0.25, 0.3) is 0 Å². The van der Waals surface area contributed by atoms with E-state index in [0.29, 0.717) is 42.4 Å². The van der Waals surface area contributed by atoms with Gasteiger partial charge in [-0.05, 0) is 72.8 Å². The fraction of sp³-hybridized carbons (Fsp3) is 0.560. The molecule has 2 aliphatic rings. The van der Waals surface area contributed by atoms with Crippen LogP contribution in [0.25, 0.3) is 5.57 Å². The van der Waals surface area contributed by atoms with Crippen molar-refractivity contribution in [2.24, 2.45) is 17.8 Å². The largest absolute Gasteiger partial charge is 0.481 e. The lowest BCUT2D eigenvalue weighted by molar-refractivity contribution is -0.164. The summed E-state index contributed by atoms with van der Waals surface area (Å²) in [5.74, 6) is -2.23. The molecule has 0 radical (unpaired) electrons. The first-order valence-corrected chi connectivity index (χ1v) is 11.4. The highest BCUT2D eigenvalue weighted by molar-refractivity contribution is 5.78. The van der Waals surface area contributed by atoms with Crippen molar-refractivity contribution in [1.82, 2.24) is 5.32 Å². The number of allylic oxidation sites excluding steroid dienone is 2. The summed E-state index contributed by atoms with van der Waals surface area (Å²) in [4.78, 5) is 12.0. The van der Waals surface area contributed by atoms with Crippen LogP contribution >= 0.6 is 0 Å². The lowest BCUT2D eigenvalue weighted by Crippen LogP contribution is -2.52. The van der Waals surface area contributed by atoms with Crippen molar-refractivity contribution in [2.75, 3.05) is 0 Å². The van der Waals surface area contributed by atoms with E-state index in [0.717, 1.165) is 12.1 Å². The van der Waals surface area contributed by atoms with Crippen LogP contribution in [0.15, 0.2) is 42.0 Å². The van der Waals surface area contributed by atoms with Crippen molar-refractivity contribution in [3.63, 3.8) is 0 Å². The first-order valence-electron chi connectivity index (χ1n) is 11.4. The zero-order chi connectivity index (χ0) is 25.3. The maximum atomic E-state index is 13.4. The average molecular weight is 490 g/mol. The van der Waals surface area contributed by atoms with Gasteiger partial charge >= 0.3 is 18.3 Å². The van der Waals surface area contributed by atoms with Gasteiger partial charge in [-0.3, -0.25) is 4.79 Å². The van der Waals surface area contributed by atoms with Gasteiger partial charge in [-0.25, -0.2) is 0 Å². The van der Waals surface area contributed by atoms with E-state index in [1.165, 1.54) is 12.1 Å². The Bertz CT molecular complexity index is 930. The van der Waals surface area contributed by atoms with Crippen molar-refractivity contribution in [3.05, 3.63) is 53.1 Å². The topological polar surface area (TPSA) is 49.3 Å². The van der Waals surface area contributed by atoms with E-state index < -0.39 is 47.8 Å². The number of carboxylic acids is 1. The third kappa shape index (κ3) is 6.43. The number of hydrogen-bond acceptors (Lipinski definition) is 2. The lowest BCUT2D eigenvalue weighted by Gasteiger charge is -2.38. The summed E-state index contributed by atoms with van der Waals surface area (Å²) in [6.07, 6.45) is -3.91. The number of halogens is 6. The molecule has 9 heteroatoms. The molecule has 0 spiro atoms. The second-order valence-corrected chi connectivity index (χ2v) is 9.60. The predicted molar refractivity (Wildman–Crippen MR) is 117 cm³/mol. The minimum Gasteiger partial charge on any atom is -0.481 e. The highest BCUT2D eigenvalue weighted by atomic mass is 19.4.